The van der Waals surface area contributed by atoms with Gasteiger partial charge in [-0.2, -0.15) is 0 Å². The summed E-state index contributed by atoms with van der Waals surface area (Å²) < 4.78 is 5.81. The number of carboxylic acids is 1. The lowest BCUT2D eigenvalue weighted by Crippen LogP contribution is -2.16. The maximum absolute atomic E-state index is 11.6. The van der Waals surface area contributed by atoms with Crippen LogP contribution in [0.1, 0.15) is 41.0 Å². The van der Waals surface area contributed by atoms with E-state index in [4.69, 9.17) is 4.74 Å². The number of aliphatic carboxylic acids is 1. The lowest BCUT2D eigenvalue weighted by Gasteiger charge is -2.16. The summed E-state index contributed by atoms with van der Waals surface area (Å²) in [7, 11) is 0. The highest BCUT2D eigenvalue weighted by molar-refractivity contribution is 5.76. The van der Waals surface area contributed by atoms with Crippen LogP contribution in [0.3, 0.4) is 0 Å². The molecule has 2 aromatic carbocycles. The minimum atomic E-state index is -0.795. The lowest BCUT2D eigenvalue weighted by atomic mass is 9.92. The quantitative estimate of drug-likeness (QED) is 0.873. The van der Waals surface area contributed by atoms with Crippen LogP contribution in [0.4, 0.5) is 0 Å². The number of hydrogen-bond acceptors (Lipinski definition) is 2. The van der Waals surface area contributed by atoms with Crippen LogP contribution in [0.5, 0.6) is 5.75 Å². The molecule has 0 saturated carbocycles. The Hall–Kier alpha value is -2.29. The van der Waals surface area contributed by atoms with Crippen molar-refractivity contribution in [2.75, 3.05) is 6.61 Å². The number of benzene rings is 2. The van der Waals surface area contributed by atoms with Gasteiger partial charge in [0.05, 0.1) is 12.5 Å². The molecule has 0 aromatic heterocycles. The van der Waals surface area contributed by atoms with Crippen molar-refractivity contribution in [3.8, 4) is 5.75 Å². The maximum atomic E-state index is 11.6. The summed E-state index contributed by atoms with van der Waals surface area (Å²) in [4.78, 5) is 11.6. The van der Waals surface area contributed by atoms with Gasteiger partial charge in [-0.3, -0.25) is 4.79 Å². The van der Waals surface area contributed by atoms with Crippen molar-refractivity contribution in [3.63, 3.8) is 0 Å². The minimum Gasteiger partial charge on any atom is -0.494 e. The van der Waals surface area contributed by atoms with Crippen molar-refractivity contribution in [1.82, 2.24) is 0 Å². The topological polar surface area (TPSA) is 46.5 Å². The number of fused-ring (bicyclic) bond motifs is 1. The van der Waals surface area contributed by atoms with Crippen molar-refractivity contribution in [2.45, 2.75) is 38.5 Å². The third-order valence-corrected chi connectivity index (χ3v) is 4.61. The Kier molecular flexibility index (Phi) is 4.65. The van der Waals surface area contributed by atoms with Crippen LogP contribution < -0.4 is 4.74 Å². The maximum Gasteiger partial charge on any atom is 0.311 e. The smallest absolute Gasteiger partial charge is 0.311 e. The van der Waals surface area contributed by atoms with Crippen LogP contribution in [0.15, 0.2) is 42.5 Å². The summed E-state index contributed by atoms with van der Waals surface area (Å²) in [5, 5.41) is 9.52. The summed E-state index contributed by atoms with van der Waals surface area (Å²) in [6.45, 7) is 2.36. The number of ether oxygens (including phenoxy) is 1. The second-order valence-electron chi connectivity index (χ2n) is 6.17. The van der Waals surface area contributed by atoms with Crippen LogP contribution in [0.2, 0.25) is 0 Å². The summed E-state index contributed by atoms with van der Waals surface area (Å²) in [5.74, 6) is -0.470. The molecule has 1 atom stereocenters. The summed E-state index contributed by atoms with van der Waals surface area (Å²) >= 11 is 0. The lowest BCUT2D eigenvalue weighted by molar-refractivity contribution is -0.139. The molecule has 3 rings (SSSR count). The van der Waals surface area contributed by atoms with Gasteiger partial charge in [-0.15, -0.1) is 0 Å². The van der Waals surface area contributed by atoms with Gasteiger partial charge in [0, 0.05) is 0 Å². The number of hydrogen-bond donors (Lipinski definition) is 1. The largest absolute Gasteiger partial charge is 0.494 e. The third-order valence-electron chi connectivity index (χ3n) is 4.61. The molecule has 1 N–H and O–H groups in total. The number of rotatable bonds is 6. The van der Waals surface area contributed by atoms with Gasteiger partial charge in [0.25, 0.3) is 0 Å². The summed E-state index contributed by atoms with van der Waals surface area (Å²) in [5.41, 5.74) is 4.67. The molecule has 23 heavy (non-hydrogen) atoms. The van der Waals surface area contributed by atoms with Crippen LogP contribution >= 0.6 is 0 Å². The molecule has 0 bridgehead atoms. The van der Waals surface area contributed by atoms with E-state index in [0.717, 1.165) is 29.7 Å². The van der Waals surface area contributed by atoms with Gasteiger partial charge in [-0.25, -0.2) is 0 Å². The van der Waals surface area contributed by atoms with E-state index in [-0.39, 0.29) is 0 Å². The van der Waals surface area contributed by atoms with Crippen LogP contribution in [-0.4, -0.2) is 17.7 Å². The zero-order valence-electron chi connectivity index (χ0n) is 13.4. The predicted octanol–water partition coefficient (Wildman–Crippen LogP) is 4.12. The first kappa shape index (κ1) is 15.6. The molecule has 1 aliphatic rings. The number of carboxylic acid groups (broad SMARTS) is 1. The molecule has 0 spiro atoms. The van der Waals surface area contributed by atoms with Crippen molar-refractivity contribution in [2.24, 2.45) is 0 Å². The molecule has 0 fully saturated rings. The van der Waals surface area contributed by atoms with Crippen molar-refractivity contribution in [1.29, 1.82) is 0 Å². The summed E-state index contributed by atoms with van der Waals surface area (Å²) in [6, 6.07) is 13.9. The molecule has 0 aliphatic heterocycles. The third kappa shape index (κ3) is 3.55. The van der Waals surface area contributed by atoms with Crippen molar-refractivity contribution in [3.05, 3.63) is 64.7 Å². The highest BCUT2D eigenvalue weighted by Crippen LogP contribution is 2.27. The number of aryl methyl sites for hydroxylation is 3. The Bertz CT molecular complexity index is 706. The van der Waals surface area contributed by atoms with E-state index in [2.05, 4.69) is 12.1 Å². The van der Waals surface area contributed by atoms with Gasteiger partial charge in [0.2, 0.25) is 0 Å². The standard InChI is InChI=1S/C20H22O3/c1-14-5-2-3-8-18(14)19(20(21)22)11-12-23-17-10-9-15-6-4-7-16(15)13-17/h2-3,5,8-10,13,19H,4,6-7,11-12H2,1H3,(H,21,22). The van der Waals surface area contributed by atoms with Crippen LogP contribution in [0, 0.1) is 6.92 Å². The van der Waals surface area contributed by atoms with Gasteiger partial charge >= 0.3 is 5.97 Å². The Morgan fingerprint density at radius 2 is 1.96 bits per heavy atom. The normalized spacial score (nSPS) is 14.3. The van der Waals surface area contributed by atoms with Gasteiger partial charge in [0.15, 0.2) is 0 Å². The van der Waals surface area contributed by atoms with Crippen molar-refractivity contribution < 1.29 is 14.6 Å². The molecule has 0 amide bonds. The highest BCUT2D eigenvalue weighted by atomic mass is 16.5. The summed E-state index contributed by atoms with van der Waals surface area (Å²) in [6.07, 6.45) is 3.96. The van der Waals surface area contributed by atoms with Crippen molar-refractivity contribution >= 4 is 5.97 Å². The van der Waals surface area contributed by atoms with Gasteiger partial charge in [-0.05, 0) is 67.0 Å². The molecule has 120 valence electrons. The monoisotopic (exact) mass is 310 g/mol. The van der Waals surface area contributed by atoms with E-state index in [1.54, 1.807) is 0 Å². The first-order valence-corrected chi connectivity index (χ1v) is 8.18. The molecule has 2 aromatic rings. The second kappa shape index (κ2) is 6.86. The molecule has 0 heterocycles. The molecule has 3 heteroatoms. The predicted molar refractivity (Wildman–Crippen MR) is 90.1 cm³/mol. The highest BCUT2D eigenvalue weighted by Gasteiger charge is 2.21. The average molecular weight is 310 g/mol. The zero-order valence-corrected chi connectivity index (χ0v) is 13.4. The van der Waals surface area contributed by atoms with E-state index in [0.29, 0.717) is 13.0 Å². The molecular formula is C20H22O3. The van der Waals surface area contributed by atoms with Gasteiger partial charge < -0.3 is 9.84 Å². The molecule has 0 radical (unpaired) electrons. The van der Waals surface area contributed by atoms with Crippen LogP contribution in [-0.2, 0) is 17.6 Å². The number of carbonyl (C=O) groups is 1. The molecule has 3 nitrogen and oxygen atoms in total. The Balaban J connectivity index is 1.64. The average Bonchev–Trinajstić information content (AvgIpc) is 3.00. The van der Waals surface area contributed by atoms with E-state index in [1.807, 2.05) is 37.3 Å². The Morgan fingerprint density at radius 3 is 2.74 bits per heavy atom. The molecular weight excluding hydrogens is 288 g/mol. The van der Waals surface area contributed by atoms with E-state index < -0.39 is 11.9 Å². The van der Waals surface area contributed by atoms with Crippen LogP contribution in [0.25, 0.3) is 0 Å². The van der Waals surface area contributed by atoms with E-state index in [1.165, 1.54) is 17.5 Å². The molecule has 0 saturated heterocycles. The molecule has 1 aliphatic carbocycles. The first-order chi connectivity index (χ1) is 11.1. The first-order valence-electron chi connectivity index (χ1n) is 8.18. The second-order valence-corrected chi connectivity index (χ2v) is 6.17. The Labute approximate surface area is 136 Å². The fourth-order valence-corrected chi connectivity index (χ4v) is 3.32. The van der Waals surface area contributed by atoms with E-state index in [9.17, 15) is 9.90 Å². The van der Waals surface area contributed by atoms with Gasteiger partial charge in [-0.1, -0.05) is 30.3 Å². The molecule has 1 unspecified atom stereocenters. The zero-order chi connectivity index (χ0) is 16.2. The van der Waals surface area contributed by atoms with Gasteiger partial charge in [0.1, 0.15) is 5.75 Å². The van der Waals surface area contributed by atoms with E-state index >= 15 is 0 Å². The SMILES string of the molecule is Cc1ccccc1C(CCOc1ccc2c(c1)CCC2)C(=O)O. The Morgan fingerprint density at radius 1 is 1.17 bits per heavy atom. The minimum absolute atomic E-state index is 0.407. The fourth-order valence-electron chi connectivity index (χ4n) is 3.32. The fraction of sp³-hybridized carbons (Fsp3) is 0.350.